The predicted octanol–water partition coefficient (Wildman–Crippen LogP) is 1.40. The second kappa shape index (κ2) is 6.86. The SMILES string of the molecule is CCC(CC)NC(=O)c1cc(F)c(OC)c(S(N)(=O)=O)c1. The summed E-state index contributed by atoms with van der Waals surface area (Å²) in [5.41, 5.74) is -0.121. The molecule has 0 saturated carbocycles. The van der Waals surface area contributed by atoms with E-state index in [0.717, 1.165) is 19.2 Å². The predicted molar refractivity (Wildman–Crippen MR) is 76.2 cm³/mol. The first-order valence-electron chi connectivity index (χ1n) is 6.45. The molecule has 0 aliphatic rings. The Kier molecular flexibility index (Phi) is 5.68. The van der Waals surface area contributed by atoms with Crippen molar-refractivity contribution in [3.8, 4) is 5.75 Å². The summed E-state index contributed by atoms with van der Waals surface area (Å²) in [5, 5.41) is 7.71. The molecule has 0 bridgehead atoms. The molecule has 0 unspecified atom stereocenters. The van der Waals surface area contributed by atoms with E-state index in [9.17, 15) is 17.6 Å². The average Bonchev–Trinajstić information content (AvgIpc) is 2.42. The monoisotopic (exact) mass is 318 g/mol. The first-order valence-corrected chi connectivity index (χ1v) is 8.00. The number of nitrogens with two attached hydrogens (primary N) is 1. The minimum absolute atomic E-state index is 0.0689. The Balaban J connectivity index is 3.28. The Hall–Kier alpha value is -1.67. The molecule has 1 aromatic rings. The van der Waals surface area contributed by atoms with Gasteiger partial charge >= 0.3 is 0 Å². The molecule has 1 rings (SSSR count). The number of hydrogen-bond acceptors (Lipinski definition) is 4. The third-order valence-electron chi connectivity index (χ3n) is 3.10. The van der Waals surface area contributed by atoms with Crippen LogP contribution in [0.15, 0.2) is 17.0 Å². The van der Waals surface area contributed by atoms with E-state index < -0.39 is 32.4 Å². The van der Waals surface area contributed by atoms with Crippen LogP contribution in [0.4, 0.5) is 4.39 Å². The fraction of sp³-hybridized carbons (Fsp3) is 0.462. The Morgan fingerprint density at radius 2 is 1.95 bits per heavy atom. The molecular formula is C13H19FN2O4S. The van der Waals surface area contributed by atoms with Crippen LogP contribution in [0.2, 0.25) is 0 Å². The Bertz CT molecular complexity index is 627. The van der Waals surface area contributed by atoms with Gasteiger partial charge in [0.25, 0.3) is 5.91 Å². The van der Waals surface area contributed by atoms with Crippen LogP contribution < -0.4 is 15.2 Å². The molecule has 0 saturated heterocycles. The summed E-state index contributed by atoms with van der Waals surface area (Å²) in [4.78, 5) is 11.5. The van der Waals surface area contributed by atoms with E-state index in [-0.39, 0.29) is 11.6 Å². The number of rotatable bonds is 6. The molecule has 1 amide bonds. The number of ether oxygens (including phenoxy) is 1. The molecule has 3 N–H and O–H groups in total. The summed E-state index contributed by atoms with van der Waals surface area (Å²) in [6.07, 6.45) is 1.42. The summed E-state index contributed by atoms with van der Waals surface area (Å²) in [7, 11) is -3.09. The number of sulfonamides is 1. The number of amides is 1. The van der Waals surface area contributed by atoms with E-state index in [1.54, 1.807) is 0 Å². The highest BCUT2D eigenvalue weighted by molar-refractivity contribution is 7.89. The lowest BCUT2D eigenvalue weighted by molar-refractivity contribution is 0.0934. The van der Waals surface area contributed by atoms with Gasteiger partial charge in [0, 0.05) is 11.6 Å². The standard InChI is InChI=1S/C13H19FN2O4S/c1-4-9(5-2)16-13(17)8-6-10(14)12(20-3)11(7-8)21(15,18)19/h6-7,9H,4-5H2,1-3H3,(H,16,17)(H2,15,18,19). The maximum absolute atomic E-state index is 13.9. The number of nitrogens with one attached hydrogen (secondary N) is 1. The summed E-state index contributed by atoms with van der Waals surface area (Å²) < 4.78 is 41.5. The normalized spacial score (nSPS) is 11.5. The van der Waals surface area contributed by atoms with Gasteiger partial charge in [-0.2, -0.15) is 0 Å². The van der Waals surface area contributed by atoms with Gasteiger partial charge in [-0.05, 0) is 25.0 Å². The molecule has 6 nitrogen and oxygen atoms in total. The molecule has 0 fully saturated rings. The number of carbonyl (C=O) groups excluding carboxylic acids is 1. The van der Waals surface area contributed by atoms with E-state index in [2.05, 4.69) is 5.32 Å². The quantitative estimate of drug-likeness (QED) is 0.828. The summed E-state index contributed by atoms with van der Waals surface area (Å²) in [5.74, 6) is -2.02. The van der Waals surface area contributed by atoms with Crippen molar-refractivity contribution in [1.29, 1.82) is 0 Å². The van der Waals surface area contributed by atoms with Crippen molar-refractivity contribution in [3.05, 3.63) is 23.5 Å². The lowest BCUT2D eigenvalue weighted by Gasteiger charge is -2.16. The fourth-order valence-electron chi connectivity index (χ4n) is 1.87. The molecule has 0 spiro atoms. The van der Waals surface area contributed by atoms with Crippen molar-refractivity contribution in [2.45, 2.75) is 37.6 Å². The number of primary sulfonamides is 1. The molecule has 0 aromatic heterocycles. The molecule has 0 aliphatic heterocycles. The maximum atomic E-state index is 13.9. The fourth-order valence-corrected chi connectivity index (χ4v) is 2.60. The van der Waals surface area contributed by atoms with Crippen molar-refractivity contribution < 1.29 is 22.3 Å². The minimum Gasteiger partial charge on any atom is -0.492 e. The molecule has 8 heteroatoms. The van der Waals surface area contributed by atoms with Crippen molar-refractivity contribution in [2.24, 2.45) is 5.14 Å². The number of benzene rings is 1. The van der Waals surface area contributed by atoms with E-state index >= 15 is 0 Å². The first-order chi connectivity index (χ1) is 9.74. The van der Waals surface area contributed by atoms with E-state index in [0.29, 0.717) is 12.8 Å². The number of halogens is 1. The van der Waals surface area contributed by atoms with Gasteiger partial charge in [-0.1, -0.05) is 13.8 Å². The molecule has 0 aliphatic carbocycles. The lowest BCUT2D eigenvalue weighted by Crippen LogP contribution is -2.34. The van der Waals surface area contributed by atoms with Gasteiger partial charge in [0.2, 0.25) is 10.0 Å². The van der Waals surface area contributed by atoms with Crippen LogP contribution in [0.25, 0.3) is 0 Å². The van der Waals surface area contributed by atoms with Gasteiger partial charge in [0.1, 0.15) is 4.90 Å². The summed E-state index contributed by atoms with van der Waals surface area (Å²) >= 11 is 0. The molecular weight excluding hydrogens is 299 g/mol. The second-order valence-electron chi connectivity index (χ2n) is 4.52. The molecule has 0 atom stereocenters. The zero-order valence-electron chi connectivity index (χ0n) is 12.1. The molecule has 118 valence electrons. The van der Waals surface area contributed by atoms with Crippen LogP contribution in [0.5, 0.6) is 5.75 Å². The highest BCUT2D eigenvalue weighted by Gasteiger charge is 2.23. The number of carbonyl (C=O) groups is 1. The zero-order chi connectivity index (χ0) is 16.2. The van der Waals surface area contributed by atoms with Crippen molar-refractivity contribution in [2.75, 3.05) is 7.11 Å². The highest BCUT2D eigenvalue weighted by Crippen LogP contribution is 2.27. The number of hydrogen-bond donors (Lipinski definition) is 2. The Labute approximate surface area is 123 Å². The largest absolute Gasteiger partial charge is 0.492 e. The smallest absolute Gasteiger partial charge is 0.251 e. The molecule has 0 radical (unpaired) electrons. The van der Waals surface area contributed by atoms with E-state index in [1.807, 2.05) is 13.8 Å². The molecule has 0 heterocycles. The van der Waals surface area contributed by atoms with Crippen LogP contribution in [0.3, 0.4) is 0 Å². The Morgan fingerprint density at radius 3 is 2.38 bits per heavy atom. The average molecular weight is 318 g/mol. The van der Waals surface area contributed by atoms with E-state index in [1.165, 1.54) is 0 Å². The molecule has 1 aromatic carbocycles. The summed E-state index contributed by atoms with van der Waals surface area (Å²) in [6, 6.07) is 1.86. The van der Waals surface area contributed by atoms with Crippen LogP contribution in [0.1, 0.15) is 37.0 Å². The maximum Gasteiger partial charge on any atom is 0.251 e. The first kappa shape index (κ1) is 17.4. The van der Waals surface area contributed by atoms with Crippen molar-refractivity contribution in [3.63, 3.8) is 0 Å². The van der Waals surface area contributed by atoms with Crippen LogP contribution in [0, 0.1) is 5.82 Å². The zero-order valence-corrected chi connectivity index (χ0v) is 13.0. The van der Waals surface area contributed by atoms with E-state index in [4.69, 9.17) is 9.88 Å². The van der Waals surface area contributed by atoms with Gasteiger partial charge < -0.3 is 10.1 Å². The second-order valence-corrected chi connectivity index (χ2v) is 6.05. The van der Waals surface area contributed by atoms with Crippen LogP contribution in [-0.2, 0) is 10.0 Å². The van der Waals surface area contributed by atoms with Gasteiger partial charge in [-0.25, -0.2) is 17.9 Å². The van der Waals surface area contributed by atoms with Crippen molar-refractivity contribution >= 4 is 15.9 Å². The third kappa shape index (κ3) is 4.15. The van der Waals surface area contributed by atoms with Gasteiger partial charge in [-0.3, -0.25) is 4.79 Å². The van der Waals surface area contributed by atoms with Crippen LogP contribution in [-0.4, -0.2) is 27.5 Å². The summed E-state index contributed by atoms with van der Waals surface area (Å²) in [6.45, 7) is 3.80. The lowest BCUT2D eigenvalue weighted by atomic mass is 10.1. The highest BCUT2D eigenvalue weighted by atomic mass is 32.2. The Morgan fingerprint density at radius 1 is 1.38 bits per heavy atom. The number of methoxy groups -OCH3 is 1. The topological polar surface area (TPSA) is 98.5 Å². The van der Waals surface area contributed by atoms with Gasteiger partial charge in [0.15, 0.2) is 11.6 Å². The van der Waals surface area contributed by atoms with Gasteiger partial charge in [0.05, 0.1) is 7.11 Å². The molecule has 21 heavy (non-hydrogen) atoms. The minimum atomic E-state index is -4.21. The third-order valence-corrected chi connectivity index (χ3v) is 4.02. The van der Waals surface area contributed by atoms with Crippen molar-refractivity contribution in [1.82, 2.24) is 5.32 Å². The van der Waals surface area contributed by atoms with Crippen LogP contribution >= 0.6 is 0 Å². The van der Waals surface area contributed by atoms with Gasteiger partial charge in [-0.15, -0.1) is 0 Å².